The maximum Gasteiger partial charge on any atom is 0.145 e. The van der Waals surface area contributed by atoms with E-state index in [9.17, 15) is 4.21 Å². The highest BCUT2D eigenvalue weighted by atomic mass is 32.2. The topological polar surface area (TPSA) is 38.7 Å². The number of methoxy groups -OCH3 is 1. The van der Waals surface area contributed by atoms with Crippen molar-refractivity contribution in [3.8, 4) is 5.75 Å². The van der Waals surface area contributed by atoms with E-state index in [1.807, 2.05) is 30.3 Å². The van der Waals surface area contributed by atoms with Gasteiger partial charge in [-0.05, 0) is 68.0 Å². The first-order valence-electron chi connectivity index (χ1n) is 10.0. The molecular formula is C24H29NO2S. The molecule has 1 unspecified atom stereocenters. The standard InChI is InChI=1S/C24H29NO2S/c1-15(2)11-18-12-16(3)20-14-28(26,19-9-7-6-8-10-19)25-24-21(27-5)13-17(4)22(18)23(20)24/h6-11,13,16,18,20H,12,14H2,1-5H3/t16-,18+,20+,28?/m0/s1. The van der Waals surface area contributed by atoms with Crippen LogP contribution in [0.25, 0.3) is 0 Å². The molecule has 4 atom stereocenters. The van der Waals surface area contributed by atoms with Crippen molar-refractivity contribution < 1.29 is 8.95 Å². The quantitative estimate of drug-likeness (QED) is 0.568. The zero-order valence-corrected chi connectivity index (χ0v) is 18.2. The van der Waals surface area contributed by atoms with E-state index < -0.39 is 9.73 Å². The number of nitrogens with zero attached hydrogens (tertiary/aromatic N) is 1. The Morgan fingerprint density at radius 1 is 1.21 bits per heavy atom. The van der Waals surface area contributed by atoms with Gasteiger partial charge in [0.2, 0.25) is 0 Å². The van der Waals surface area contributed by atoms with Crippen molar-refractivity contribution in [2.45, 2.75) is 50.8 Å². The van der Waals surface area contributed by atoms with E-state index in [1.165, 1.54) is 22.3 Å². The first kappa shape index (κ1) is 19.3. The van der Waals surface area contributed by atoms with Gasteiger partial charge in [0.1, 0.15) is 11.4 Å². The molecule has 3 nitrogen and oxygen atoms in total. The monoisotopic (exact) mass is 395 g/mol. The van der Waals surface area contributed by atoms with Gasteiger partial charge < -0.3 is 4.74 Å². The van der Waals surface area contributed by atoms with Crippen LogP contribution in [-0.4, -0.2) is 17.1 Å². The van der Waals surface area contributed by atoms with E-state index in [1.54, 1.807) is 7.11 Å². The summed E-state index contributed by atoms with van der Waals surface area (Å²) in [6.07, 6.45) is 3.46. The number of allylic oxidation sites excluding steroid dienone is 2. The summed E-state index contributed by atoms with van der Waals surface area (Å²) in [5, 5.41) is 0. The molecule has 0 radical (unpaired) electrons. The maximum atomic E-state index is 14.0. The van der Waals surface area contributed by atoms with Crippen LogP contribution in [0.15, 0.2) is 57.3 Å². The second kappa shape index (κ2) is 7.07. The zero-order valence-electron chi connectivity index (χ0n) is 17.4. The molecule has 0 N–H and O–H groups in total. The largest absolute Gasteiger partial charge is 0.494 e. The van der Waals surface area contributed by atoms with E-state index in [4.69, 9.17) is 9.10 Å². The van der Waals surface area contributed by atoms with Gasteiger partial charge in [0.25, 0.3) is 0 Å². The minimum atomic E-state index is -2.52. The van der Waals surface area contributed by atoms with Gasteiger partial charge in [-0.25, -0.2) is 4.21 Å². The van der Waals surface area contributed by atoms with Gasteiger partial charge in [-0.1, -0.05) is 36.8 Å². The number of ether oxygens (including phenoxy) is 1. The Morgan fingerprint density at radius 3 is 2.57 bits per heavy atom. The Hall–Kier alpha value is -2.07. The molecule has 0 spiro atoms. The Kier molecular flexibility index (Phi) is 4.86. The summed E-state index contributed by atoms with van der Waals surface area (Å²) in [6, 6.07) is 11.8. The van der Waals surface area contributed by atoms with Crippen LogP contribution in [0.4, 0.5) is 5.69 Å². The number of rotatable bonds is 3. The van der Waals surface area contributed by atoms with Crippen LogP contribution in [0.3, 0.4) is 0 Å². The van der Waals surface area contributed by atoms with Gasteiger partial charge >= 0.3 is 0 Å². The molecule has 0 bridgehead atoms. The minimum absolute atomic E-state index is 0.241. The third-order valence-electron chi connectivity index (χ3n) is 6.12. The van der Waals surface area contributed by atoms with Gasteiger partial charge in [0.15, 0.2) is 0 Å². The normalized spacial score (nSPS) is 28.1. The molecule has 2 aromatic carbocycles. The predicted molar refractivity (Wildman–Crippen MR) is 116 cm³/mol. The minimum Gasteiger partial charge on any atom is -0.494 e. The fourth-order valence-corrected chi connectivity index (χ4v) is 7.33. The molecule has 2 aromatic rings. The van der Waals surface area contributed by atoms with Crippen LogP contribution in [0.2, 0.25) is 0 Å². The van der Waals surface area contributed by atoms with Crippen LogP contribution in [-0.2, 0) is 9.73 Å². The van der Waals surface area contributed by atoms with Crippen molar-refractivity contribution in [2.75, 3.05) is 12.9 Å². The van der Waals surface area contributed by atoms with Gasteiger partial charge in [-0.15, -0.1) is 0 Å². The second-order valence-corrected chi connectivity index (χ2v) is 10.7. The van der Waals surface area contributed by atoms with Crippen molar-refractivity contribution >= 4 is 15.4 Å². The lowest BCUT2D eigenvalue weighted by Gasteiger charge is -2.40. The summed E-state index contributed by atoms with van der Waals surface area (Å²) in [7, 11) is -0.834. The molecule has 0 saturated heterocycles. The number of benzene rings is 2. The molecule has 0 aromatic heterocycles. The molecule has 1 aliphatic carbocycles. The summed E-state index contributed by atoms with van der Waals surface area (Å²) >= 11 is 0. The second-order valence-electron chi connectivity index (χ2n) is 8.45. The molecule has 0 fully saturated rings. The highest BCUT2D eigenvalue weighted by Crippen LogP contribution is 2.55. The van der Waals surface area contributed by atoms with E-state index in [0.29, 0.717) is 17.6 Å². The molecule has 0 saturated carbocycles. The van der Waals surface area contributed by atoms with Gasteiger partial charge in [-0.3, -0.25) is 0 Å². The van der Waals surface area contributed by atoms with Crippen LogP contribution in [0.5, 0.6) is 5.75 Å². The van der Waals surface area contributed by atoms with E-state index in [-0.39, 0.29) is 5.92 Å². The first-order valence-corrected chi connectivity index (χ1v) is 11.7. The molecular weight excluding hydrogens is 366 g/mol. The third kappa shape index (κ3) is 3.08. The van der Waals surface area contributed by atoms with Crippen LogP contribution in [0, 0.1) is 12.8 Å². The predicted octanol–water partition coefficient (Wildman–Crippen LogP) is 6.35. The van der Waals surface area contributed by atoms with Crippen molar-refractivity contribution in [1.82, 2.24) is 0 Å². The fraction of sp³-hybridized carbons (Fsp3) is 0.417. The summed E-state index contributed by atoms with van der Waals surface area (Å²) in [4.78, 5) is 0.823. The zero-order chi connectivity index (χ0) is 20.1. The Bertz CT molecular complexity index is 1060. The van der Waals surface area contributed by atoms with Gasteiger partial charge in [0.05, 0.1) is 16.8 Å². The van der Waals surface area contributed by atoms with Crippen LogP contribution in [0.1, 0.15) is 55.7 Å². The lowest BCUT2D eigenvalue weighted by molar-refractivity contribution is 0.391. The van der Waals surface area contributed by atoms with E-state index in [2.05, 4.69) is 39.8 Å². The summed E-state index contributed by atoms with van der Waals surface area (Å²) < 4.78 is 24.6. The number of hydrogen-bond donors (Lipinski definition) is 0. The third-order valence-corrected chi connectivity index (χ3v) is 8.41. The van der Waals surface area contributed by atoms with Crippen molar-refractivity contribution in [2.24, 2.45) is 10.3 Å². The van der Waals surface area contributed by atoms with E-state index >= 15 is 0 Å². The Labute approximate surface area is 169 Å². The smallest absolute Gasteiger partial charge is 0.145 e. The molecule has 1 heterocycles. The Balaban J connectivity index is 2.04. The van der Waals surface area contributed by atoms with Crippen molar-refractivity contribution in [3.05, 3.63) is 64.7 Å². The van der Waals surface area contributed by atoms with Crippen molar-refractivity contribution in [1.29, 1.82) is 0 Å². The highest BCUT2D eigenvalue weighted by molar-refractivity contribution is 7.93. The Morgan fingerprint density at radius 2 is 1.93 bits per heavy atom. The lowest BCUT2D eigenvalue weighted by atomic mass is 9.69. The first-order chi connectivity index (χ1) is 13.3. The summed E-state index contributed by atoms with van der Waals surface area (Å²) in [6.45, 7) is 8.79. The molecule has 0 amide bonds. The molecule has 4 heteroatoms. The van der Waals surface area contributed by atoms with Gasteiger partial charge in [-0.2, -0.15) is 4.36 Å². The molecule has 1 aliphatic heterocycles. The van der Waals surface area contributed by atoms with E-state index in [0.717, 1.165) is 22.8 Å². The number of aryl methyl sites for hydroxylation is 1. The SMILES string of the molecule is COc1cc(C)c2c3c1N=S(=O)(c1ccccc1)C[C@@H]3[C@@H](C)C[C@H]2C=C(C)C. The molecule has 4 rings (SSSR count). The summed E-state index contributed by atoms with van der Waals surface area (Å²) in [5.74, 6) is 2.41. The van der Waals surface area contributed by atoms with Crippen molar-refractivity contribution in [3.63, 3.8) is 0 Å². The lowest BCUT2D eigenvalue weighted by Crippen LogP contribution is -2.30. The van der Waals surface area contributed by atoms with Crippen LogP contribution >= 0.6 is 0 Å². The van der Waals surface area contributed by atoms with Gasteiger partial charge in [0, 0.05) is 22.5 Å². The molecule has 148 valence electrons. The number of hydrogen-bond acceptors (Lipinski definition) is 3. The highest BCUT2D eigenvalue weighted by Gasteiger charge is 2.41. The fourth-order valence-electron chi connectivity index (χ4n) is 4.91. The molecule has 28 heavy (non-hydrogen) atoms. The summed E-state index contributed by atoms with van der Waals surface area (Å²) in [5.41, 5.74) is 6.04. The maximum absolute atomic E-state index is 14.0. The van der Waals surface area contributed by atoms with Crippen LogP contribution < -0.4 is 4.74 Å². The average molecular weight is 396 g/mol. The average Bonchev–Trinajstić information content (AvgIpc) is 2.66. The molecule has 2 aliphatic rings.